The van der Waals surface area contributed by atoms with E-state index in [1.165, 1.54) is 22.3 Å². The standard InChI is InChI=1S/C24H20N4O2/c29-24(26-12-5-7-17-15-27-28-14-6-13-25-23(17)28)30-16-22-20-10-3-1-8-18(20)19-9-2-4-11-21(19)22/h1-11,13-15,22H,12,16H2,(H,26,29). The Morgan fingerprint density at radius 1 is 1.07 bits per heavy atom. The van der Waals surface area contributed by atoms with E-state index in [0.29, 0.717) is 13.2 Å². The largest absolute Gasteiger partial charge is 0.449 e. The zero-order chi connectivity index (χ0) is 20.3. The number of amides is 1. The molecule has 6 heteroatoms. The normalized spacial score (nSPS) is 12.8. The summed E-state index contributed by atoms with van der Waals surface area (Å²) >= 11 is 0. The monoisotopic (exact) mass is 396 g/mol. The van der Waals surface area contributed by atoms with Gasteiger partial charge in [0, 0.05) is 30.4 Å². The van der Waals surface area contributed by atoms with Crippen LogP contribution in [-0.2, 0) is 4.74 Å². The second-order valence-corrected chi connectivity index (χ2v) is 7.10. The van der Waals surface area contributed by atoms with Gasteiger partial charge in [0.1, 0.15) is 6.61 Å². The number of rotatable bonds is 5. The predicted molar refractivity (Wildman–Crippen MR) is 115 cm³/mol. The summed E-state index contributed by atoms with van der Waals surface area (Å²) in [6.45, 7) is 0.669. The zero-order valence-corrected chi connectivity index (χ0v) is 16.2. The molecular weight excluding hydrogens is 376 g/mol. The molecule has 2 heterocycles. The van der Waals surface area contributed by atoms with E-state index in [9.17, 15) is 4.79 Å². The van der Waals surface area contributed by atoms with Crippen molar-refractivity contribution < 1.29 is 9.53 Å². The van der Waals surface area contributed by atoms with E-state index in [0.717, 1.165) is 11.2 Å². The van der Waals surface area contributed by atoms with Crippen LogP contribution < -0.4 is 5.32 Å². The molecule has 1 N–H and O–H groups in total. The van der Waals surface area contributed by atoms with Crippen molar-refractivity contribution in [2.45, 2.75) is 5.92 Å². The Kier molecular flexibility index (Phi) is 4.73. The maximum absolute atomic E-state index is 12.2. The highest BCUT2D eigenvalue weighted by atomic mass is 16.5. The van der Waals surface area contributed by atoms with E-state index in [1.54, 1.807) is 16.9 Å². The number of aromatic nitrogens is 3. The van der Waals surface area contributed by atoms with Crippen molar-refractivity contribution >= 4 is 17.8 Å². The molecule has 5 rings (SSSR count). The Labute approximate surface area is 173 Å². The van der Waals surface area contributed by atoms with Crippen LogP contribution in [0.4, 0.5) is 4.79 Å². The first-order chi connectivity index (χ1) is 14.8. The van der Waals surface area contributed by atoms with Crippen molar-refractivity contribution in [3.8, 4) is 11.1 Å². The first kappa shape index (κ1) is 18.1. The van der Waals surface area contributed by atoms with Crippen molar-refractivity contribution in [2.24, 2.45) is 0 Å². The maximum Gasteiger partial charge on any atom is 0.407 e. The molecule has 4 aromatic rings. The number of carbonyl (C=O) groups is 1. The van der Waals surface area contributed by atoms with E-state index in [-0.39, 0.29) is 5.92 Å². The van der Waals surface area contributed by atoms with Gasteiger partial charge in [0.15, 0.2) is 5.65 Å². The van der Waals surface area contributed by atoms with Crippen molar-refractivity contribution in [1.29, 1.82) is 0 Å². The lowest BCUT2D eigenvalue weighted by Crippen LogP contribution is -2.26. The molecule has 0 bridgehead atoms. The Morgan fingerprint density at radius 3 is 2.57 bits per heavy atom. The van der Waals surface area contributed by atoms with Crippen molar-refractivity contribution in [3.05, 3.63) is 96.0 Å². The molecule has 0 saturated heterocycles. The van der Waals surface area contributed by atoms with Gasteiger partial charge >= 0.3 is 6.09 Å². The minimum Gasteiger partial charge on any atom is -0.449 e. The van der Waals surface area contributed by atoms with Gasteiger partial charge in [0.25, 0.3) is 0 Å². The van der Waals surface area contributed by atoms with Gasteiger partial charge < -0.3 is 10.1 Å². The third-order valence-corrected chi connectivity index (χ3v) is 5.31. The van der Waals surface area contributed by atoms with Crippen LogP contribution in [-0.4, -0.2) is 33.8 Å². The number of nitrogens with one attached hydrogen (secondary N) is 1. The third kappa shape index (κ3) is 3.33. The minimum atomic E-state index is -0.431. The number of fused-ring (bicyclic) bond motifs is 4. The summed E-state index contributed by atoms with van der Waals surface area (Å²) in [5.74, 6) is 0.0588. The van der Waals surface area contributed by atoms with E-state index < -0.39 is 6.09 Å². The Morgan fingerprint density at radius 2 is 1.80 bits per heavy atom. The highest BCUT2D eigenvalue weighted by Gasteiger charge is 2.28. The first-order valence-electron chi connectivity index (χ1n) is 9.85. The van der Waals surface area contributed by atoms with Gasteiger partial charge in [-0.05, 0) is 28.3 Å². The summed E-state index contributed by atoms with van der Waals surface area (Å²) in [7, 11) is 0. The summed E-state index contributed by atoms with van der Waals surface area (Å²) in [6.07, 6.45) is 8.62. The van der Waals surface area contributed by atoms with E-state index >= 15 is 0 Å². The van der Waals surface area contributed by atoms with Gasteiger partial charge in [0.2, 0.25) is 0 Å². The summed E-state index contributed by atoms with van der Waals surface area (Å²) < 4.78 is 7.24. The van der Waals surface area contributed by atoms with E-state index in [1.807, 2.05) is 48.7 Å². The van der Waals surface area contributed by atoms with Crippen LogP contribution in [0.3, 0.4) is 0 Å². The summed E-state index contributed by atoms with van der Waals surface area (Å²) in [6, 6.07) is 18.4. The van der Waals surface area contributed by atoms with Crippen LogP contribution in [0.1, 0.15) is 22.6 Å². The van der Waals surface area contributed by atoms with Crippen LogP contribution in [0.25, 0.3) is 22.9 Å². The fraction of sp³-hybridized carbons (Fsp3) is 0.125. The molecule has 0 fully saturated rings. The second-order valence-electron chi connectivity index (χ2n) is 7.10. The number of hydrogen-bond donors (Lipinski definition) is 1. The van der Waals surface area contributed by atoms with Crippen LogP contribution >= 0.6 is 0 Å². The molecule has 30 heavy (non-hydrogen) atoms. The van der Waals surface area contributed by atoms with Crippen molar-refractivity contribution in [2.75, 3.05) is 13.2 Å². The lowest BCUT2D eigenvalue weighted by atomic mass is 9.98. The lowest BCUT2D eigenvalue weighted by Gasteiger charge is -2.14. The van der Waals surface area contributed by atoms with Gasteiger partial charge in [-0.2, -0.15) is 5.10 Å². The van der Waals surface area contributed by atoms with Crippen molar-refractivity contribution in [3.63, 3.8) is 0 Å². The minimum absolute atomic E-state index is 0.0588. The Hall–Kier alpha value is -3.93. The quantitative estimate of drug-likeness (QED) is 0.547. The molecule has 6 nitrogen and oxygen atoms in total. The van der Waals surface area contributed by atoms with Gasteiger partial charge in [-0.3, -0.25) is 0 Å². The van der Waals surface area contributed by atoms with Gasteiger partial charge in [0.05, 0.1) is 6.20 Å². The second kappa shape index (κ2) is 7.83. The topological polar surface area (TPSA) is 68.5 Å². The number of nitrogens with zero attached hydrogens (tertiary/aromatic N) is 3. The van der Waals surface area contributed by atoms with Crippen LogP contribution in [0.15, 0.2) is 79.3 Å². The third-order valence-electron chi connectivity index (χ3n) is 5.31. The molecule has 1 aliphatic carbocycles. The Bertz CT molecular complexity index is 1200. The average Bonchev–Trinajstić information content (AvgIpc) is 3.34. The van der Waals surface area contributed by atoms with Crippen LogP contribution in [0.2, 0.25) is 0 Å². The molecule has 0 radical (unpaired) electrons. The predicted octanol–water partition coefficient (Wildman–Crippen LogP) is 4.28. The van der Waals surface area contributed by atoms with E-state index in [2.05, 4.69) is 39.7 Å². The van der Waals surface area contributed by atoms with Gasteiger partial charge in [-0.15, -0.1) is 0 Å². The lowest BCUT2D eigenvalue weighted by molar-refractivity contribution is 0.144. The first-order valence-corrected chi connectivity index (χ1v) is 9.85. The Balaban J connectivity index is 1.19. The van der Waals surface area contributed by atoms with Crippen molar-refractivity contribution in [1.82, 2.24) is 19.9 Å². The molecule has 0 saturated carbocycles. The number of alkyl carbamates (subject to hydrolysis) is 1. The van der Waals surface area contributed by atoms with Gasteiger partial charge in [-0.25, -0.2) is 14.3 Å². The highest BCUT2D eigenvalue weighted by molar-refractivity contribution is 5.79. The molecule has 1 amide bonds. The fourth-order valence-corrected chi connectivity index (χ4v) is 3.94. The van der Waals surface area contributed by atoms with Gasteiger partial charge in [-0.1, -0.05) is 60.7 Å². The van der Waals surface area contributed by atoms with Crippen LogP contribution in [0.5, 0.6) is 0 Å². The average molecular weight is 396 g/mol. The maximum atomic E-state index is 12.2. The molecule has 0 atom stereocenters. The summed E-state index contributed by atoms with van der Waals surface area (Å²) in [5, 5.41) is 7.00. The molecule has 148 valence electrons. The van der Waals surface area contributed by atoms with Crippen LogP contribution in [0, 0.1) is 0 Å². The molecule has 2 aromatic carbocycles. The summed E-state index contributed by atoms with van der Waals surface area (Å²) in [4.78, 5) is 16.5. The number of benzene rings is 2. The molecule has 0 spiro atoms. The molecule has 0 aliphatic heterocycles. The fourth-order valence-electron chi connectivity index (χ4n) is 3.94. The number of carbonyl (C=O) groups excluding carboxylic acids is 1. The smallest absolute Gasteiger partial charge is 0.407 e. The molecular formula is C24H20N4O2. The SMILES string of the molecule is O=C(NCC=Cc1cnn2cccnc12)OCC1c2ccccc2-c2ccccc21. The molecule has 0 unspecified atom stereocenters. The highest BCUT2D eigenvalue weighted by Crippen LogP contribution is 2.44. The number of hydrogen-bond acceptors (Lipinski definition) is 4. The summed E-state index contributed by atoms with van der Waals surface area (Å²) in [5.41, 5.74) is 6.50. The molecule has 2 aromatic heterocycles. The van der Waals surface area contributed by atoms with E-state index in [4.69, 9.17) is 4.74 Å². The molecule has 1 aliphatic rings. The number of ether oxygens (including phenoxy) is 1. The zero-order valence-electron chi connectivity index (χ0n) is 16.2.